The van der Waals surface area contributed by atoms with Crippen molar-refractivity contribution >= 4 is 12.1 Å². The summed E-state index contributed by atoms with van der Waals surface area (Å²) >= 11 is 0. The van der Waals surface area contributed by atoms with Gasteiger partial charge in [-0.05, 0) is 33.1 Å². The molecular formula is C13H25NO4. The zero-order valence-electron chi connectivity index (χ0n) is 11.9. The number of hydrogen-bond donors (Lipinski definition) is 1. The maximum absolute atomic E-state index is 11.5. The third-order valence-electron chi connectivity index (χ3n) is 2.97. The standard InChI is InChI=1S/C13H25NO4/c1-5-13(4,6-2)18-12(16)14-10-8-9-11(15)17-7-3/h5-10H2,1-4H3,(H,14,16). The number of rotatable bonds is 8. The van der Waals surface area contributed by atoms with Crippen LogP contribution in [0.3, 0.4) is 0 Å². The SMILES string of the molecule is CCOC(=O)CCCNC(=O)OC(C)(CC)CC. The maximum atomic E-state index is 11.5. The molecule has 0 saturated carbocycles. The fourth-order valence-corrected chi connectivity index (χ4v) is 1.31. The lowest BCUT2D eigenvalue weighted by molar-refractivity contribution is -0.143. The van der Waals surface area contributed by atoms with Crippen LogP contribution in [0.2, 0.25) is 0 Å². The van der Waals surface area contributed by atoms with Crippen LogP contribution in [-0.2, 0) is 14.3 Å². The molecule has 0 aliphatic rings. The lowest BCUT2D eigenvalue weighted by Crippen LogP contribution is -2.36. The van der Waals surface area contributed by atoms with Gasteiger partial charge in [-0.1, -0.05) is 13.8 Å². The Morgan fingerprint density at radius 2 is 1.78 bits per heavy atom. The van der Waals surface area contributed by atoms with Gasteiger partial charge in [0.1, 0.15) is 5.60 Å². The highest BCUT2D eigenvalue weighted by Crippen LogP contribution is 2.19. The Bertz CT molecular complexity index is 262. The molecular weight excluding hydrogens is 234 g/mol. The molecule has 1 amide bonds. The second kappa shape index (κ2) is 8.78. The normalized spacial score (nSPS) is 10.9. The van der Waals surface area contributed by atoms with Crippen molar-refractivity contribution in [3.63, 3.8) is 0 Å². The van der Waals surface area contributed by atoms with Gasteiger partial charge in [0.2, 0.25) is 0 Å². The second-order valence-electron chi connectivity index (χ2n) is 4.38. The van der Waals surface area contributed by atoms with Gasteiger partial charge in [0.05, 0.1) is 6.61 Å². The van der Waals surface area contributed by atoms with Crippen molar-refractivity contribution in [2.75, 3.05) is 13.2 Å². The van der Waals surface area contributed by atoms with E-state index in [1.54, 1.807) is 6.92 Å². The van der Waals surface area contributed by atoms with Crippen molar-refractivity contribution in [2.24, 2.45) is 0 Å². The van der Waals surface area contributed by atoms with Crippen molar-refractivity contribution in [2.45, 2.75) is 59.0 Å². The van der Waals surface area contributed by atoms with Crippen LogP contribution in [0.4, 0.5) is 4.79 Å². The minimum absolute atomic E-state index is 0.236. The zero-order valence-corrected chi connectivity index (χ0v) is 11.9. The number of ether oxygens (including phenoxy) is 2. The summed E-state index contributed by atoms with van der Waals surface area (Å²) in [5.74, 6) is -0.236. The summed E-state index contributed by atoms with van der Waals surface area (Å²) < 4.78 is 10.1. The molecule has 1 N–H and O–H groups in total. The first-order valence-electron chi connectivity index (χ1n) is 6.59. The van der Waals surface area contributed by atoms with E-state index in [0.29, 0.717) is 26.0 Å². The highest BCUT2D eigenvalue weighted by molar-refractivity contribution is 5.70. The van der Waals surface area contributed by atoms with E-state index in [1.165, 1.54) is 0 Å². The van der Waals surface area contributed by atoms with Gasteiger partial charge in [-0.2, -0.15) is 0 Å². The van der Waals surface area contributed by atoms with E-state index >= 15 is 0 Å². The Morgan fingerprint density at radius 1 is 1.17 bits per heavy atom. The van der Waals surface area contributed by atoms with Crippen LogP contribution >= 0.6 is 0 Å². The zero-order chi connectivity index (χ0) is 14.0. The quantitative estimate of drug-likeness (QED) is 0.537. The molecule has 0 bridgehead atoms. The van der Waals surface area contributed by atoms with Gasteiger partial charge in [0, 0.05) is 13.0 Å². The average Bonchev–Trinajstić information content (AvgIpc) is 2.35. The van der Waals surface area contributed by atoms with Crippen molar-refractivity contribution in [3.05, 3.63) is 0 Å². The fraction of sp³-hybridized carbons (Fsp3) is 0.846. The summed E-state index contributed by atoms with van der Waals surface area (Å²) in [6.07, 6.45) is 2.00. The van der Waals surface area contributed by atoms with Gasteiger partial charge in [-0.3, -0.25) is 4.79 Å². The number of nitrogens with one attached hydrogen (secondary N) is 1. The molecule has 0 heterocycles. The topological polar surface area (TPSA) is 64.6 Å². The molecule has 5 heteroatoms. The van der Waals surface area contributed by atoms with Gasteiger partial charge < -0.3 is 14.8 Å². The van der Waals surface area contributed by atoms with E-state index in [9.17, 15) is 9.59 Å². The molecule has 0 aromatic rings. The molecule has 0 aromatic carbocycles. The molecule has 18 heavy (non-hydrogen) atoms. The van der Waals surface area contributed by atoms with Crippen molar-refractivity contribution in [1.29, 1.82) is 0 Å². The van der Waals surface area contributed by atoms with Gasteiger partial charge in [-0.25, -0.2) is 4.79 Å². The molecule has 0 fully saturated rings. The summed E-state index contributed by atoms with van der Waals surface area (Å²) in [5.41, 5.74) is -0.411. The van der Waals surface area contributed by atoms with Gasteiger partial charge >= 0.3 is 12.1 Å². The molecule has 5 nitrogen and oxygen atoms in total. The van der Waals surface area contributed by atoms with Crippen LogP contribution in [0.15, 0.2) is 0 Å². The Hall–Kier alpha value is -1.26. The highest BCUT2D eigenvalue weighted by Gasteiger charge is 2.24. The summed E-state index contributed by atoms with van der Waals surface area (Å²) in [4.78, 5) is 22.5. The van der Waals surface area contributed by atoms with Crippen LogP contribution in [0, 0.1) is 0 Å². The first kappa shape index (κ1) is 16.7. The molecule has 0 rings (SSSR count). The summed E-state index contributed by atoms with van der Waals surface area (Å²) in [6, 6.07) is 0. The monoisotopic (exact) mass is 259 g/mol. The van der Waals surface area contributed by atoms with E-state index in [2.05, 4.69) is 5.32 Å². The van der Waals surface area contributed by atoms with Crippen LogP contribution in [0.1, 0.15) is 53.4 Å². The minimum Gasteiger partial charge on any atom is -0.466 e. The molecule has 0 aliphatic heterocycles. The Labute approximate surface area is 109 Å². The summed E-state index contributed by atoms with van der Waals surface area (Å²) in [6.45, 7) is 8.45. The Kier molecular flexibility index (Phi) is 8.16. The van der Waals surface area contributed by atoms with E-state index in [0.717, 1.165) is 12.8 Å². The predicted molar refractivity (Wildman–Crippen MR) is 69.3 cm³/mol. The lowest BCUT2D eigenvalue weighted by Gasteiger charge is -2.26. The number of amides is 1. The van der Waals surface area contributed by atoms with Gasteiger partial charge in [-0.15, -0.1) is 0 Å². The molecule has 106 valence electrons. The third-order valence-corrected chi connectivity index (χ3v) is 2.97. The van der Waals surface area contributed by atoms with Crippen molar-refractivity contribution in [3.8, 4) is 0 Å². The van der Waals surface area contributed by atoms with Crippen LogP contribution in [-0.4, -0.2) is 30.8 Å². The Balaban J connectivity index is 3.75. The number of alkyl carbamates (subject to hydrolysis) is 1. The highest BCUT2D eigenvalue weighted by atomic mass is 16.6. The average molecular weight is 259 g/mol. The maximum Gasteiger partial charge on any atom is 0.407 e. The molecule has 0 aromatic heterocycles. The lowest BCUT2D eigenvalue weighted by atomic mass is 10.0. The molecule has 0 spiro atoms. The second-order valence-corrected chi connectivity index (χ2v) is 4.38. The number of carbonyl (C=O) groups is 2. The third kappa shape index (κ3) is 7.14. The predicted octanol–water partition coefficient (Wildman–Crippen LogP) is 2.63. The molecule has 0 aliphatic carbocycles. The molecule has 0 atom stereocenters. The van der Waals surface area contributed by atoms with Crippen molar-refractivity contribution in [1.82, 2.24) is 5.32 Å². The van der Waals surface area contributed by atoms with Crippen molar-refractivity contribution < 1.29 is 19.1 Å². The fourth-order valence-electron chi connectivity index (χ4n) is 1.31. The van der Waals surface area contributed by atoms with Crippen LogP contribution in [0.5, 0.6) is 0 Å². The minimum atomic E-state index is -0.426. The van der Waals surface area contributed by atoms with Gasteiger partial charge in [0.25, 0.3) is 0 Å². The number of carbonyl (C=O) groups excluding carboxylic acids is 2. The first-order valence-corrected chi connectivity index (χ1v) is 6.59. The van der Waals surface area contributed by atoms with E-state index < -0.39 is 11.7 Å². The van der Waals surface area contributed by atoms with Crippen LogP contribution < -0.4 is 5.32 Å². The van der Waals surface area contributed by atoms with E-state index in [4.69, 9.17) is 9.47 Å². The summed E-state index contributed by atoms with van der Waals surface area (Å²) in [5, 5.41) is 2.64. The van der Waals surface area contributed by atoms with Gasteiger partial charge in [0.15, 0.2) is 0 Å². The van der Waals surface area contributed by atoms with E-state index in [-0.39, 0.29) is 5.97 Å². The first-order chi connectivity index (χ1) is 8.47. The largest absolute Gasteiger partial charge is 0.466 e. The molecule has 0 radical (unpaired) electrons. The molecule has 0 unspecified atom stereocenters. The number of esters is 1. The molecule has 0 saturated heterocycles. The Morgan fingerprint density at radius 3 is 2.28 bits per heavy atom. The smallest absolute Gasteiger partial charge is 0.407 e. The number of hydrogen-bond acceptors (Lipinski definition) is 4. The van der Waals surface area contributed by atoms with Crippen LogP contribution in [0.25, 0.3) is 0 Å². The summed E-state index contributed by atoms with van der Waals surface area (Å²) in [7, 11) is 0. The van der Waals surface area contributed by atoms with E-state index in [1.807, 2.05) is 20.8 Å².